The first kappa shape index (κ1) is 17.2. The Morgan fingerprint density at radius 1 is 1.35 bits per heavy atom. The van der Waals surface area contributed by atoms with Crippen molar-refractivity contribution in [2.24, 2.45) is 0 Å². The predicted molar refractivity (Wildman–Crippen MR) is 68.4 cm³/mol. The number of nitrogens with one attached hydrogen (secondary N) is 1. The van der Waals surface area contributed by atoms with Gasteiger partial charge in [0.05, 0.1) is 13.0 Å². The van der Waals surface area contributed by atoms with Crippen LogP contribution in [0.4, 0.5) is 13.2 Å². The molecule has 0 aromatic heterocycles. The lowest BCUT2D eigenvalue weighted by Crippen LogP contribution is -2.46. The van der Waals surface area contributed by atoms with Crippen molar-refractivity contribution in [3.05, 3.63) is 0 Å². The third-order valence-corrected chi connectivity index (χ3v) is 3.11. The van der Waals surface area contributed by atoms with Crippen LogP contribution in [0.1, 0.15) is 6.42 Å². The van der Waals surface area contributed by atoms with Crippen molar-refractivity contribution in [1.29, 1.82) is 0 Å². The Labute approximate surface area is 117 Å². The van der Waals surface area contributed by atoms with Crippen molar-refractivity contribution in [2.75, 3.05) is 59.5 Å². The molecule has 1 aliphatic heterocycles. The average Bonchev–Trinajstić information content (AvgIpc) is 2.40. The third kappa shape index (κ3) is 7.66. The van der Waals surface area contributed by atoms with Gasteiger partial charge in [-0.1, -0.05) is 0 Å². The second kappa shape index (κ2) is 8.43. The molecule has 0 aromatic carbocycles. The number of amides is 1. The smallest absolute Gasteiger partial charge is 0.372 e. The Kier molecular flexibility index (Phi) is 7.25. The molecule has 20 heavy (non-hydrogen) atoms. The fourth-order valence-electron chi connectivity index (χ4n) is 1.89. The van der Waals surface area contributed by atoms with Gasteiger partial charge in [0.15, 0.2) is 0 Å². The lowest BCUT2D eigenvalue weighted by Gasteiger charge is -2.29. The van der Waals surface area contributed by atoms with Crippen LogP contribution in [-0.4, -0.2) is 81.4 Å². The van der Waals surface area contributed by atoms with Gasteiger partial charge < -0.3 is 15.0 Å². The molecule has 0 saturated carbocycles. The number of nitrogens with zero attached hydrogens (tertiary/aromatic N) is 2. The number of rotatable bonds is 7. The maximum atomic E-state index is 11.8. The zero-order chi connectivity index (χ0) is 15.0. The van der Waals surface area contributed by atoms with Crippen LogP contribution in [0, 0.1) is 0 Å². The normalized spacial score (nSPS) is 17.2. The van der Waals surface area contributed by atoms with Crippen LogP contribution >= 0.6 is 0 Å². The van der Waals surface area contributed by atoms with Crippen LogP contribution in [0.25, 0.3) is 0 Å². The molecule has 1 heterocycles. The van der Waals surface area contributed by atoms with Crippen LogP contribution in [-0.2, 0) is 9.53 Å². The van der Waals surface area contributed by atoms with Crippen molar-refractivity contribution in [3.8, 4) is 0 Å². The molecule has 0 aliphatic carbocycles. The molecule has 1 amide bonds. The quantitative estimate of drug-likeness (QED) is 0.687. The van der Waals surface area contributed by atoms with Gasteiger partial charge in [0.25, 0.3) is 0 Å². The molecule has 0 unspecified atom stereocenters. The van der Waals surface area contributed by atoms with Gasteiger partial charge in [0.1, 0.15) is 6.61 Å². The van der Waals surface area contributed by atoms with Gasteiger partial charge >= 0.3 is 6.18 Å². The summed E-state index contributed by atoms with van der Waals surface area (Å²) >= 11 is 0. The molecule has 1 saturated heterocycles. The summed E-state index contributed by atoms with van der Waals surface area (Å²) in [6.45, 7) is 3.67. The molecular weight excluding hydrogens is 275 g/mol. The van der Waals surface area contributed by atoms with Gasteiger partial charge in [-0.2, -0.15) is 13.2 Å². The SMILES string of the molecule is CN(CCN1CCNCC1)C(=O)CCOCC(F)(F)F. The minimum atomic E-state index is -4.34. The molecule has 1 N–H and O–H groups in total. The van der Waals surface area contributed by atoms with Gasteiger partial charge in [-0.3, -0.25) is 9.69 Å². The fourth-order valence-corrected chi connectivity index (χ4v) is 1.89. The van der Waals surface area contributed by atoms with Crippen molar-refractivity contribution in [3.63, 3.8) is 0 Å². The predicted octanol–water partition coefficient (Wildman–Crippen LogP) is 0.319. The maximum absolute atomic E-state index is 11.8. The second-order valence-corrected chi connectivity index (χ2v) is 4.82. The summed E-state index contributed by atoms with van der Waals surface area (Å²) in [6.07, 6.45) is -4.36. The van der Waals surface area contributed by atoms with Gasteiger partial charge in [-0.15, -0.1) is 0 Å². The highest BCUT2D eigenvalue weighted by molar-refractivity contribution is 5.75. The van der Waals surface area contributed by atoms with Gasteiger partial charge in [-0.05, 0) is 0 Å². The number of carbonyl (C=O) groups is 1. The van der Waals surface area contributed by atoms with E-state index in [-0.39, 0.29) is 18.9 Å². The van der Waals surface area contributed by atoms with E-state index in [4.69, 9.17) is 0 Å². The Morgan fingerprint density at radius 3 is 2.60 bits per heavy atom. The first-order valence-electron chi connectivity index (χ1n) is 6.70. The van der Waals surface area contributed by atoms with Crippen molar-refractivity contribution in [1.82, 2.24) is 15.1 Å². The topological polar surface area (TPSA) is 44.8 Å². The summed E-state index contributed by atoms with van der Waals surface area (Å²) in [5, 5.41) is 3.24. The molecule has 0 atom stereocenters. The monoisotopic (exact) mass is 297 g/mol. The number of piperazine rings is 1. The Balaban J connectivity index is 2.09. The summed E-state index contributed by atoms with van der Waals surface area (Å²) in [6, 6.07) is 0. The Morgan fingerprint density at radius 2 is 2.00 bits per heavy atom. The highest BCUT2D eigenvalue weighted by Gasteiger charge is 2.27. The zero-order valence-corrected chi connectivity index (χ0v) is 11.7. The molecular formula is C12H22F3N3O2. The molecule has 1 rings (SSSR count). The maximum Gasteiger partial charge on any atom is 0.411 e. The lowest BCUT2D eigenvalue weighted by molar-refractivity contribution is -0.175. The number of halogens is 3. The van der Waals surface area contributed by atoms with E-state index >= 15 is 0 Å². The van der Waals surface area contributed by atoms with E-state index in [1.807, 2.05) is 0 Å². The molecule has 5 nitrogen and oxygen atoms in total. The van der Waals surface area contributed by atoms with Crippen LogP contribution in [0.5, 0.6) is 0 Å². The molecule has 8 heteroatoms. The van der Waals surface area contributed by atoms with Crippen LogP contribution < -0.4 is 5.32 Å². The van der Waals surface area contributed by atoms with E-state index in [9.17, 15) is 18.0 Å². The number of ether oxygens (including phenoxy) is 1. The number of alkyl halides is 3. The minimum Gasteiger partial charge on any atom is -0.372 e. The van der Waals surface area contributed by atoms with E-state index in [1.54, 1.807) is 11.9 Å². The van der Waals surface area contributed by atoms with E-state index in [0.29, 0.717) is 6.54 Å². The molecule has 1 aliphatic rings. The van der Waals surface area contributed by atoms with Crippen LogP contribution in [0.3, 0.4) is 0 Å². The van der Waals surface area contributed by atoms with Crippen molar-refractivity contribution >= 4 is 5.91 Å². The number of hydrogen-bond donors (Lipinski definition) is 1. The lowest BCUT2D eigenvalue weighted by atomic mass is 10.3. The highest BCUT2D eigenvalue weighted by Crippen LogP contribution is 2.14. The first-order chi connectivity index (χ1) is 9.38. The number of carbonyl (C=O) groups excluding carboxylic acids is 1. The van der Waals surface area contributed by atoms with E-state index in [1.165, 1.54) is 0 Å². The third-order valence-electron chi connectivity index (χ3n) is 3.11. The molecule has 0 aromatic rings. The number of hydrogen-bond acceptors (Lipinski definition) is 4. The van der Waals surface area contributed by atoms with Crippen LogP contribution in [0.2, 0.25) is 0 Å². The van der Waals surface area contributed by atoms with Crippen molar-refractivity contribution < 1.29 is 22.7 Å². The first-order valence-corrected chi connectivity index (χ1v) is 6.70. The minimum absolute atomic E-state index is 0.0197. The summed E-state index contributed by atoms with van der Waals surface area (Å²) in [5.74, 6) is -0.192. The largest absolute Gasteiger partial charge is 0.411 e. The summed E-state index contributed by atoms with van der Waals surface area (Å²) in [5.41, 5.74) is 0. The Bertz CT molecular complexity index is 294. The summed E-state index contributed by atoms with van der Waals surface area (Å²) in [7, 11) is 1.66. The standard InChI is InChI=1S/C12H22F3N3O2/c1-17(7-8-18-5-3-16-4-6-18)11(19)2-9-20-10-12(13,14)15/h16H,2-10H2,1H3. The molecule has 0 bridgehead atoms. The van der Waals surface area contributed by atoms with Crippen LogP contribution in [0.15, 0.2) is 0 Å². The molecule has 118 valence electrons. The second-order valence-electron chi connectivity index (χ2n) is 4.82. The zero-order valence-electron chi connectivity index (χ0n) is 11.7. The van der Waals surface area contributed by atoms with E-state index in [2.05, 4.69) is 15.0 Å². The van der Waals surface area contributed by atoms with Gasteiger partial charge in [0.2, 0.25) is 5.91 Å². The molecule has 0 spiro atoms. The highest BCUT2D eigenvalue weighted by atomic mass is 19.4. The fraction of sp³-hybridized carbons (Fsp3) is 0.917. The molecule has 0 radical (unpaired) electrons. The van der Waals surface area contributed by atoms with E-state index in [0.717, 1.165) is 32.7 Å². The van der Waals surface area contributed by atoms with E-state index < -0.39 is 12.8 Å². The summed E-state index contributed by atoms with van der Waals surface area (Å²) < 4.78 is 39.9. The average molecular weight is 297 g/mol. The summed E-state index contributed by atoms with van der Waals surface area (Å²) in [4.78, 5) is 15.5. The van der Waals surface area contributed by atoms with Crippen molar-refractivity contribution in [2.45, 2.75) is 12.6 Å². The molecule has 1 fully saturated rings. The van der Waals surface area contributed by atoms with Gasteiger partial charge in [0, 0.05) is 46.3 Å². The number of likely N-dealkylation sites (N-methyl/N-ethyl adjacent to an activating group) is 1. The van der Waals surface area contributed by atoms with Gasteiger partial charge in [-0.25, -0.2) is 0 Å². The Hall–Kier alpha value is -0.860.